The Morgan fingerprint density at radius 1 is 1.42 bits per heavy atom. The fourth-order valence-electron chi connectivity index (χ4n) is 1.84. The van der Waals surface area contributed by atoms with Crippen molar-refractivity contribution in [2.75, 3.05) is 11.9 Å². The molecule has 0 bridgehead atoms. The van der Waals surface area contributed by atoms with Gasteiger partial charge < -0.3 is 15.6 Å². The number of amides is 1. The van der Waals surface area contributed by atoms with Gasteiger partial charge in [-0.2, -0.15) is 0 Å². The summed E-state index contributed by atoms with van der Waals surface area (Å²) in [6, 6.07) is 5.63. The summed E-state index contributed by atoms with van der Waals surface area (Å²) in [5.41, 5.74) is 2.72. The van der Waals surface area contributed by atoms with Gasteiger partial charge in [0.05, 0.1) is 6.54 Å². The molecule has 0 atom stereocenters. The number of aryl methyl sites for hydroxylation is 1. The van der Waals surface area contributed by atoms with E-state index in [0.29, 0.717) is 18.7 Å². The Bertz CT molecular complexity index is 549. The van der Waals surface area contributed by atoms with Gasteiger partial charge in [0.2, 0.25) is 0 Å². The molecule has 1 heterocycles. The van der Waals surface area contributed by atoms with Gasteiger partial charge in [-0.15, -0.1) is 0 Å². The van der Waals surface area contributed by atoms with Crippen LogP contribution in [0.3, 0.4) is 0 Å². The molecule has 100 valence electrons. The highest BCUT2D eigenvalue weighted by atomic mass is 16.1. The van der Waals surface area contributed by atoms with Crippen molar-refractivity contribution < 1.29 is 4.79 Å². The maximum atomic E-state index is 11.7. The Hall–Kier alpha value is -2.30. The zero-order valence-corrected chi connectivity index (χ0v) is 11.2. The maximum absolute atomic E-state index is 11.7. The zero-order valence-electron chi connectivity index (χ0n) is 11.2. The van der Waals surface area contributed by atoms with Crippen LogP contribution in [0.1, 0.15) is 28.7 Å². The Labute approximate surface area is 112 Å². The van der Waals surface area contributed by atoms with Gasteiger partial charge in [-0.3, -0.25) is 4.79 Å². The lowest BCUT2D eigenvalue weighted by atomic mass is 10.1. The predicted molar refractivity (Wildman–Crippen MR) is 75.1 cm³/mol. The van der Waals surface area contributed by atoms with Crippen LogP contribution in [0.5, 0.6) is 0 Å². The van der Waals surface area contributed by atoms with Crippen LogP contribution >= 0.6 is 0 Å². The van der Waals surface area contributed by atoms with Crippen LogP contribution in [0, 0.1) is 6.92 Å². The number of hydrogen-bond acceptors (Lipinski definition) is 3. The van der Waals surface area contributed by atoms with E-state index >= 15 is 0 Å². The number of rotatable bonds is 5. The summed E-state index contributed by atoms with van der Waals surface area (Å²) in [7, 11) is 0. The number of nitrogens with zero attached hydrogens (tertiary/aromatic N) is 1. The molecule has 0 fully saturated rings. The SMILES string of the molecule is CCNC(=O)c1ccc(NCc2ncc[nH]2)c(C)c1. The van der Waals surface area contributed by atoms with Gasteiger partial charge in [0.1, 0.15) is 5.82 Å². The molecule has 0 aliphatic heterocycles. The first-order chi connectivity index (χ1) is 9.20. The first-order valence-corrected chi connectivity index (χ1v) is 6.31. The Kier molecular flexibility index (Phi) is 4.18. The fraction of sp³-hybridized carbons (Fsp3) is 0.286. The van der Waals surface area contributed by atoms with Crippen LogP contribution in [0.25, 0.3) is 0 Å². The van der Waals surface area contributed by atoms with E-state index in [0.717, 1.165) is 17.1 Å². The van der Waals surface area contributed by atoms with Gasteiger partial charge in [0, 0.05) is 30.2 Å². The van der Waals surface area contributed by atoms with E-state index in [9.17, 15) is 4.79 Å². The van der Waals surface area contributed by atoms with Crippen molar-refractivity contribution in [3.8, 4) is 0 Å². The summed E-state index contributed by atoms with van der Waals surface area (Å²) in [5, 5.41) is 6.08. The van der Waals surface area contributed by atoms with E-state index in [1.807, 2.05) is 32.0 Å². The van der Waals surface area contributed by atoms with Crippen molar-refractivity contribution in [1.29, 1.82) is 0 Å². The number of anilines is 1. The van der Waals surface area contributed by atoms with Gasteiger partial charge in [0.15, 0.2) is 0 Å². The minimum Gasteiger partial charge on any atom is -0.378 e. The second kappa shape index (κ2) is 6.04. The molecule has 0 unspecified atom stereocenters. The highest BCUT2D eigenvalue weighted by Crippen LogP contribution is 2.17. The highest BCUT2D eigenvalue weighted by molar-refractivity contribution is 5.94. The molecule has 1 amide bonds. The number of imidazole rings is 1. The fourth-order valence-corrected chi connectivity index (χ4v) is 1.84. The molecule has 0 aliphatic rings. The highest BCUT2D eigenvalue weighted by Gasteiger charge is 2.06. The summed E-state index contributed by atoms with van der Waals surface area (Å²) < 4.78 is 0. The van der Waals surface area contributed by atoms with Crippen LogP contribution in [0.2, 0.25) is 0 Å². The van der Waals surface area contributed by atoms with Crippen molar-refractivity contribution in [2.45, 2.75) is 20.4 Å². The molecule has 0 radical (unpaired) electrons. The zero-order chi connectivity index (χ0) is 13.7. The van der Waals surface area contributed by atoms with Gasteiger partial charge >= 0.3 is 0 Å². The molecule has 1 aromatic heterocycles. The molecule has 5 nitrogen and oxygen atoms in total. The Balaban J connectivity index is 2.04. The summed E-state index contributed by atoms with van der Waals surface area (Å²) in [6.45, 7) is 5.15. The third-order valence-electron chi connectivity index (χ3n) is 2.83. The number of H-pyrrole nitrogens is 1. The van der Waals surface area contributed by atoms with E-state index in [-0.39, 0.29) is 5.91 Å². The lowest BCUT2D eigenvalue weighted by Gasteiger charge is -2.10. The van der Waals surface area contributed by atoms with Crippen molar-refractivity contribution in [1.82, 2.24) is 15.3 Å². The molecule has 19 heavy (non-hydrogen) atoms. The Morgan fingerprint density at radius 2 is 2.26 bits per heavy atom. The maximum Gasteiger partial charge on any atom is 0.251 e. The van der Waals surface area contributed by atoms with Crippen molar-refractivity contribution in [3.63, 3.8) is 0 Å². The van der Waals surface area contributed by atoms with Crippen LogP contribution in [0.4, 0.5) is 5.69 Å². The summed E-state index contributed by atoms with van der Waals surface area (Å²) in [5.74, 6) is 0.843. The number of hydrogen-bond donors (Lipinski definition) is 3. The standard InChI is InChI=1S/C14H18N4O/c1-3-15-14(19)11-4-5-12(10(2)8-11)18-9-13-16-6-7-17-13/h4-8,18H,3,9H2,1-2H3,(H,15,19)(H,16,17). The molecule has 5 heteroatoms. The molecule has 0 aliphatic carbocycles. The van der Waals surface area contributed by atoms with Crippen molar-refractivity contribution in [2.24, 2.45) is 0 Å². The summed E-state index contributed by atoms with van der Waals surface area (Å²) in [6.07, 6.45) is 3.52. The summed E-state index contributed by atoms with van der Waals surface area (Å²) >= 11 is 0. The molecular weight excluding hydrogens is 240 g/mol. The molecule has 0 saturated heterocycles. The number of carbonyl (C=O) groups is 1. The minimum atomic E-state index is -0.0387. The molecule has 0 spiro atoms. The molecule has 2 rings (SSSR count). The van der Waals surface area contributed by atoms with E-state index in [1.54, 1.807) is 12.4 Å². The van der Waals surface area contributed by atoms with Crippen molar-refractivity contribution >= 4 is 11.6 Å². The van der Waals surface area contributed by atoms with E-state index in [4.69, 9.17) is 0 Å². The molecule has 2 aromatic rings. The van der Waals surface area contributed by atoms with Crippen LogP contribution < -0.4 is 10.6 Å². The topological polar surface area (TPSA) is 69.8 Å². The largest absolute Gasteiger partial charge is 0.378 e. The number of benzene rings is 1. The van der Waals surface area contributed by atoms with E-state index < -0.39 is 0 Å². The first-order valence-electron chi connectivity index (χ1n) is 6.31. The number of aromatic nitrogens is 2. The normalized spacial score (nSPS) is 10.2. The predicted octanol–water partition coefficient (Wildman–Crippen LogP) is 2.08. The quantitative estimate of drug-likeness (QED) is 0.769. The van der Waals surface area contributed by atoms with E-state index in [2.05, 4.69) is 20.6 Å². The van der Waals surface area contributed by atoms with Crippen molar-refractivity contribution in [3.05, 3.63) is 47.5 Å². The van der Waals surface area contributed by atoms with Gasteiger partial charge in [-0.05, 0) is 37.6 Å². The smallest absolute Gasteiger partial charge is 0.251 e. The average molecular weight is 258 g/mol. The lowest BCUT2D eigenvalue weighted by Crippen LogP contribution is -2.22. The molecule has 0 saturated carbocycles. The van der Waals surface area contributed by atoms with Gasteiger partial charge in [-0.1, -0.05) is 0 Å². The van der Waals surface area contributed by atoms with E-state index in [1.165, 1.54) is 0 Å². The second-order valence-corrected chi connectivity index (χ2v) is 4.28. The molecular formula is C14H18N4O. The van der Waals surface area contributed by atoms with Gasteiger partial charge in [-0.25, -0.2) is 4.98 Å². The number of aromatic amines is 1. The molecule has 1 aromatic carbocycles. The number of carbonyl (C=O) groups excluding carboxylic acids is 1. The second-order valence-electron chi connectivity index (χ2n) is 4.28. The minimum absolute atomic E-state index is 0.0387. The average Bonchev–Trinajstić information content (AvgIpc) is 2.90. The van der Waals surface area contributed by atoms with Crippen LogP contribution in [-0.4, -0.2) is 22.4 Å². The third kappa shape index (κ3) is 3.34. The molecule has 3 N–H and O–H groups in total. The Morgan fingerprint density at radius 3 is 2.89 bits per heavy atom. The van der Waals surface area contributed by atoms with Gasteiger partial charge in [0.25, 0.3) is 5.91 Å². The first kappa shape index (κ1) is 13.1. The summed E-state index contributed by atoms with van der Waals surface area (Å²) in [4.78, 5) is 18.9. The van der Waals surface area contributed by atoms with Crippen LogP contribution in [-0.2, 0) is 6.54 Å². The lowest BCUT2D eigenvalue weighted by molar-refractivity contribution is 0.0956. The number of nitrogens with one attached hydrogen (secondary N) is 3. The third-order valence-corrected chi connectivity index (χ3v) is 2.83. The van der Waals surface area contributed by atoms with Crippen LogP contribution in [0.15, 0.2) is 30.6 Å². The monoisotopic (exact) mass is 258 g/mol.